The number of hydrogen-bond donors (Lipinski definition) is 1. The molecule has 1 amide bonds. The lowest BCUT2D eigenvalue weighted by Crippen LogP contribution is -2.22. The van der Waals surface area contributed by atoms with Crippen molar-refractivity contribution in [2.75, 3.05) is 5.32 Å². The van der Waals surface area contributed by atoms with Crippen molar-refractivity contribution in [2.24, 2.45) is 0 Å². The molecule has 9 nitrogen and oxygen atoms in total. The number of nitrogens with one attached hydrogen (secondary N) is 1. The van der Waals surface area contributed by atoms with Crippen LogP contribution in [0.15, 0.2) is 71.7 Å². The van der Waals surface area contributed by atoms with Crippen molar-refractivity contribution in [3.8, 4) is 5.69 Å². The molecule has 0 saturated heterocycles. The molecule has 4 rings (SSSR count). The van der Waals surface area contributed by atoms with Crippen LogP contribution in [0.1, 0.15) is 16.2 Å². The number of hydrogen-bond acceptors (Lipinski definition) is 6. The predicted molar refractivity (Wildman–Crippen MR) is 111 cm³/mol. The van der Waals surface area contributed by atoms with E-state index in [4.69, 9.17) is 0 Å². The molecule has 1 N–H and O–H groups in total. The van der Waals surface area contributed by atoms with Gasteiger partial charge in [0.15, 0.2) is 5.65 Å². The highest BCUT2D eigenvalue weighted by atomic mass is 16.6. The van der Waals surface area contributed by atoms with E-state index in [0.29, 0.717) is 28.2 Å². The van der Waals surface area contributed by atoms with Crippen LogP contribution in [-0.4, -0.2) is 25.4 Å². The summed E-state index contributed by atoms with van der Waals surface area (Å²) in [6.07, 6.45) is 1.58. The van der Waals surface area contributed by atoms with Gasteiger partial charge < -0.3 is 5.32 Å². The number of carbonyl (C=O) groups excluding carboxylic acids is 1. The lowest BCUT2D eigenvalue weighted by atomic mass is 10.2. The second kappa shape index (κ2) is 7.55. The van der Waals surface area contributed by atoms with E-state index >= 15 is 0 Å². The largest absolute Gasteiger partial charge is 0.322 e. The third kappa shape index (κ3) is 3.51. The molecule has 9 heteroatoms. The normalized spacial score (nSPS) is 10.7. The summed E-state index contributed by atoms with van der Waals surface area (Å²) >= 11 is 0. The van der Waals surface area contributed by atoms with E-state index in [1.807, 2.05) is 0 Å². The summed E-state index contributed by atoms with van der Waals surface area (Å²) in [5.41, 5.74) is 1.30. The quantitative estimate of drug-likeness (QED) is 0.414. The molecule has 0 spiro atoms. The van der Waals surface area contributed by atoms with Crippen LogP contribution in [0.3, 0.4) is 0 Å². The Morgan fingerprint density at radius 2 is 1.87 bits per heavy atom. The number of anilines is 1. The van der Waals surface area contributed by atoms with E-state index in [-0.39, 0.29) is 16.8 Å². The highest BCUT2D eigenvalue weighted by Crippen LogP contribution is 2.18. The molecule has 2 aromatic heterocycles. The average Bonchev–Trinajstić information content (AvgIpc) is 2.74. The van der Waals surface area contributed by atoms with E-state index in [1.54, 1.807) is 49.5 Å². The summed E-state index contributed by atoms with van der Waals surface area (Å²) in [7, 11) is 0. The Hall–Kier alpha value is -4.40. The molecule has 0 fully saturated rings. The standard InChI is InChI=1S/C21H15N5O4/c1-13-23-19-18(6-3-11-22-19)21(28)25(13)17-5-2-4-15(12-17)24-20(27)14-7-9-16(10-8-14)26(29)30/h2-12H,1H3,(H,24,27). The first-order valence-electron chi connectivity index (χ1n) is 8.94. The molecule has 0 bridgehead atoms. The summed E-state index contributed by atoms with van der Waals surface area (Å²) in [4.78, 5) is 44.1. The van der Waals surface area contributed by atoms with Crippen LogP contribution < -0.4 is 10.9 Å². The van der Waals surface area contributed by atoms with Crippen LogP contribution >= 0.6 is 0 Å². The van der Waals surface area contributed by atoms with Crippen molar-refractivity contribution >= 4 is 28.3 Å². The number of aryl methyl sites for hydroxylation is 1. The molecule has 2 heterocycles. The lowest BCUT2D eigenvalue weighted by molar-refractivity contribution is -0.384. The van der Waals surface area contributed by atoms with Gasteiger partial charge in [-0.1, -0.05) is 6.07 Å². The zero-order chi connectivity index (χ0) is 21.3. The van der Waals surface area contributed by atoms with Gasteiger partial charge in [0.1, 0.15) is 5.82 Å². The third-order valence-electron chi connectivity index (χ3n) is 4.51. The molecule has 0 saturated carbocycles. The summed E-state index contributed by atoms with van der Waals surface area (Å²) in [6, 6.07) is 15.4. The number of carbonyl (C=O) groups is 1. The van der Waals surface area contributed by atoms with E-state index < -0.39 is 10.8 Å². The first-order valence-corrected chi connectivity index (χ1v) is 8.94. The fraction of sp³-hybridized carbons (Fsp3) is 0.0476. The van der Waals surface area contributed by atoms with Crippen molar-refractivity contribution in [1.82, 2.24) is 14.5 Å². The second-order valence-corrected chi connectivity index (χ2v) is 6.48. The summed E-state index contributed by atoms with van der Waals surface area (Å²) < 4.78 is 1.45. The molecular formula is C21H15N5O4. The van der Waals surface area contributed by atoms with Gasteiger partial charge >= 0.3 is 0 Å². The molecule has 0 aliphatic heterocycles. The number of nitro benzene ring substituents is 1. The van der Waals surface area contributed by atoms with Gasteiger partial charge in [-0.05, 0) is 49.4 Å². The van der Waals surface area contributed by atoms with Gasteiger partial charge in [-0.25, -0.2) is 9.97 Å². The average molecular weight is 401 g/mol. The van der Waals surface area contributed by atoms with Crippen molar-refractivity contribution in [2.45, 2.75) is 6.92 Å². The molecule has 30 heavy (non-hydrogen) atoms. The number of fused-ring (bicyclic) bond motifs is 1. The van der Waals surface area contributed by atoms with Crippen LogP contribution in [-0.2, 0) is 0 Å². The van der Waals surface area contributed by atoms with E-state index in [9.17, 15) is 19.7 Å². The number of nitrogens with zero attached hydrogens (tertiary/aromatic N) is 4. The smallest absolute Gasteiger partial charge is 0.269 e. The molecule has 0 unspecified atom stereocenters. The molecule has 0 aliphatic rings. The van der Waals surface area contributed by atoms with Crippen molar-refractivity contribution in [3.05, 3.63) is 98.7 Å². The SMILES string of the molecule is Cc1nc2ncccc2c(=O)n1-c1cccc(NC(=O)c2ccc([N+](=O)[O-])cc2)c1. The molecule has 0 aliphatic carbocycles. The van der Waals surface area contributed by atoms with Gasteiger partial charge in [-0.2, -0.15) is 0 Å². The highest BCUT2D eigenvalue weighted by Gasteiger charge is 2.13. The molecule has 4 aromatic rings. The first kappa shape index (κ1) is 18.9. The first-order chi connectivity index (χ1) is 14.4. The Morgan fingerprint density at radius 1 is 1.10 bits per heavy atom. The molecule has 0 radical (unpaired) electrons. The molecule has 148 valence electrons. The fourth-order valence-electron chi connectivity index (χ4n) is 3.09. The minimum Gasteiger partial charge on any atom is -0.322 e. The van der Waals surface area contributed by atoms with Gasteiger partial charge in [-0.3, -0.25) is 24.3 Å². The van der Waals surface area contributed by atoms with Crippen LogP contribution in [0.2, 0.25) is 0 Å². The van der Waals surface area contributed by atoms with Crippen LogP contribution in [0.4, 0.5) is 11.4 Å². The number of aromatic nitrogens is 3. The molecule has 0 atom stereocenters. The zero-order valence-electron chi connectivity index (χ0n) is 15.8. The number of rotatable bonds is 4. The summed E-state index contributed by atoms with van der Waals surface area (Å²) in [5, 5.41) is 13.9. The Morgan fingerprint density at radius 3 is 2.60 bits per heavy atom. The highest BCUT2D eigenvalue weighted by molar-refractivity contribution is 6.04. The predicted octanol–water partition coefficient (Wildman–Crippen LogP) is 3.25. The monoisotopic (exact) mass is 401 g/mol. The minimum atomic E-state index is -0.529. The van der Waals surface area contributed by atoms with Crippen molar-refractivity contribution in [1.29, 1.82) is 0 Å². The zero-order valence-corrected chi connectivity index (χ0v) is 15.8. The minimum absolute atomic E-state index is 0.0957. The number of pyridine rings is 1. The second-order valence-electron chi connectivity index (χ2n) is 6.48. The van der Waals surface area contributed by atoms with E-state index in [0.717, 1.165) is 0 Å². The van der Waals surface area contributed by atoms with Gasteiger partial charge in [0, 0.05) is 29.6 Å². The number of benzene rings is 2. The van der Waals surface area contributed by atoms with Gasteiger partial charge in [0.2, 0.25) is 0 Å². The fourth-order valence-corrected chi connectivity index (χ4v) is 3.09. The Labute approximate surface area is 169 Å². The van der Waals surface area contributed by atoms with E-state index in [1.165, 1.54) is 28.8 Å². The van der Waals surface area contributed by atoms with Crippen molar-refractivity contribution in [3.63, 3.8) is 0 Å². The Bertz CT molecular complexity index is 1350. The summed E-state index contributed by atoms with van der Waals surface area (Å²) in [5.74, 6) is 0.0389. The van der Waals surface area contributed by atoms with Crippen LogP contribution in [0, 0.1) is 17.0 Å². The Kier molecular flexibility index (Phi) is 4.77. The molecule has 2 aromatic carbocycles. The Balaban J connectivity index is 1.67. The number of nitro groups is 1. The van der Waals surface area contributed by atoms with Crippen LogP contribution in [0.5, 0.6) is 0 Å². The number of non-ortho nitro benzene ring substituents is 1. The topological polar surface area (TPSA) is 120 Å². The number of amides is 1. The molecular weight excluding hydrogens is 386 g/mol. The van der Waals surface area contributed by atoms with Crippen molar-refractivity contribution < 1.29 is 9.72 Å². The summed E-state index contributed by atoms with van der Waals surface area (Å²) in [6.45, 7) is 1.71. The maximum atomic E-state index is 12.9. The lowest BCUT2D eigenvalue weighted by Gasteiger charge is -2.12. The maximum Gasteiger partial charge on any atom is 0.269 e. The van der Waals surface area contributed by atoms with Gasteiger partial charge in [0.05, 0.1) is 16.0 Å². The third-order valence-corrected chi connectivity index (χ3v) is 4.51. The van der Waals surface area contributed by atoms with Gasteiger partial charge in [-0.15, -0.1) is 0 Å². The maximum absolute atomic E-state index is 12.9. The van der Waals surface area contributed by atoms with Gasteiger partial charge in [0.25, 0.3) is 17.2 Å². The van der Waals surface area contributed by atoms with Crippen LogP contribution in [0.25, 0.3) is 16.7 Å². The van der Waals surface area contributed by atoms with E-state index in [2.05, 4.69) is 15.3 Å².